The highest BCUT2D eigenvalue weighted by Gasteiger charge is 2.45. The first-order valence-corrected chi connectivity index (χ1v) is 15.2. The van der Waals surface area contributed by atoms with Gasteiger partial charge < -0.3 is 19.6 Å². The number of nitrogens with zero attached hydrogens (tertiary/aromatic N) is 7. The van der Waals surface area contributed by atoms with Crippen LogP contribution in [0.15, 0.2) is 10.9 Å². The van der Waals surface area contributed by atoms with Gasteiger partial charge in [-0.25, -0.2) is 4.98 Å². The molecule has 0 radical (unpaired) electrons. The molecular formula is C29H34N8O2S. The van der Waals surface area contributed by atoms with E-state index in [1.165, 1.54) is 29.1 Å². The largest absolute Gasteiger partial charge is 0.461 e. The smallest absolute Gasteiger partial charge is 0.319 e. The summed E-state index contributed by atoms with van der Waals surface area (Å²) < 4.78 is 14.3. The standard InChI is InChI=1S/C29H34N8O2S/c1-3-7-20-21(19(14-30)26(31)40-20)17-8-4-9-18-22(17)35-39-25(18)23-24-27(36(2)16-32-24)34-28(33-23)38-15-29-10-5-12-37(29)13-6-11-29/h16-17H,3-13,15,31H2,1-2H3. The lowest BCUT2D eigenvalue weighted by molar-refractivity contribution is 0.108. The fourth-order valence-electron chi connectivity index (χ4n) is 7.20. The highest BCUT2D eigenvalue weighted by Crippen LogP contribution is 2.47. The van der Waals surface area contributed by atoms with Crippen LogP contribution >= 0.6 is 11.3 Å². The molecule has 0 saturated carbocycles. The normalized spacial score (nSPS) is 20.1. The molecule has 7 rings (SSSR count). The predicted molar refractivity (Wildman–Crippen MR) is 152 cm³/mol. The van der Waals surface area contributed by atoms with Gasteiger partial charge in [-0.05, 0) is 70.0 Å². The molecule has 1 unspecified atom stereocenters. The number of nitrogen functional groups attached to an aromatic ring is 1. The third kappa shape index (κ3) is 3.91. The molecule has 10 nitrogen and oxygen atoms in total. The van der Waals surface area contributed by atoms with E-state index in [0.29, 0.717) is 45.8 Å². The van der Waals surface area contributed by atoms with E-state index in [4.69, 9.17) is 25.0 Å². The molecule has 0 bridgehead atoms. The molecule has 2 saturated heterocycles. The number of aryl methyl sites for hydroxylation is 2. The second kappa shape index (κ2) is 9.85. The van der Waals surface area contributed by atoms with Crippen LogP contribution in [-0.4, -0.2) is 54.8 Å². The van der Waals surface area contributed by atoms with E-state index in [-0.39, 0.29) is 11.5 Å². The van der Waals surface area contributed by atoms with Gasteiger partial charge in [-0.2, -0.15) is 15.2 Å². The lowest BCUT2D eigenvalue weighted by Gasteiger charge is -2.31. The number of hydrogen-bond acceptors (Lipinski definition) is 10. The number of imidazole rings is 1. The van der Waals surface area contributed by atoms with Crippen LogP contribution in [0.4, 0.5) is 5.00 Å². The maximum absolute atomic E-state index is 9.97. The van der Waals surface area contributed by atoms with Crippen molar-refractivity contribution < 1.29 is 9.26 Å². The maximum atomic E-state index is 9.97. The Balaban J connectivity index is 1.29. The number of aromatic nitrogens is 5. The van der Waals surface area contributed by atoms with Crippen molar-refractivity contribution in [2.24, 2.45) is 7.05 Å². The second-order valence-corrected chi connectivity index (χ2v) is 12.6. The molecule has 208 valence electrons. The number of ether oxygens (including phenoxy) is 1. The van der Waals surface area contributed by atoms with Crippen molar-refractivity contribution in [1.82, 2.24) is 29.6 Å². The van der Waals surface area contributed by atoms with Gasteiger partial charge >= 0.3 is 6.01 Å². The molecule has 0 spiro atoms. The van der Waals surface area contributed by atoms with E-state index in [1.807, 2.05) is 11.6 Å². The number of nitrogens with two attached hydrogens (primary N) is 1. The number of rotatable bonds is 7. The Kier molecular flexibility index (Phi) is 6.28. The number of nitriles is 1. The van der Waals surface area contributed by atoms with E-state index < -0.39 is 0 Å². The summed E-state index contributed by atoms with van der Waals surface area (Å²) in [6, 6.07) is 2.72. The van der Waals surface area contributed by atoms with Gasteiger partial charge in [-0.1, -0.05) is 18.5 Å². The summed E-state index contributed by atoms with van der Waals surface area (Å²) in [6.07, 6.45) is 11.0. The average molecular weight is 559 g/mol. The van der Waals surface area contributed by atoms with Crippen molar-refractivity contribution in [3.63, 3.8) is 0 Å². The molecule has 2 N–H and O–H groups in total. The molecule has 11 heteroatoms. The lowest BCUT2D eigenvalue weighted by Crippen LogP contribution is -2.43. The van der Waals surface area contributed by atoms with Crippen LogP contribution in [0.5, 0.6) is 6.01 Å². The van der Waals surface area contributed by atoms with Crippen molar-refractivity contribution in [2.45, 2.75) is 76.2 Å². The monoisotopic (exact) mass is 558 g/mol. The van der Waals surface area contributed by atoms with Gasteiger partial charge in [-0.3, -0.25) is 4.90 Å². The van der Waals surface area contributed by atoms with E-state index in [1.54, 1.807) is 6.33 Å². The molecule has 0 amide bonds. The van der Waals surface area contributed by atoms with Crippen LogP contribution < -0.4 is 10.5 Å². The molecule has 2 fully saturated rings. The van der Waals surface area contributed by atoms with Gasteiger partial charge in [0, 0.05) is 23.4 Å². The van der Waals surface area contributed by atoms with E-state index in [2.05, 4.69) is 28.0 Å². The summed E-state index contributed by atoms with van der Waals surface area (Å²) in [4.78, 5) is 18.0. The van der Waals surface area contributed by atoms with Gasteiger partial charge in [0.2, 0.25) is 0 Å². The molecule has 0 aromatic carbocycles. The number of anilines is 1. The topological polar surface area (TPSA) is 132 Å². The third-order valence-corrected chi connectivity index (χ3v) is 10.2. The Morgan fingerprint density at radius 2 is 2.08 bits per heavy atom. The molecule has 40 heavy (non-hydrogen) atoms. The molecular weight excluding hydrogens is 524 g/mol. The summed E-state index contributed by atoms with van der Waals surface area (Å²) in [7, 11) is 1.93. The van der Waals surface area contributed by atoms with Gasteiger partial charge in [0.05, 0.1) is 23.1 Å². The lowest BCUT2D eigenvalue weighted by atomic mass is 9.80. The first-order valence-electron chi connectivity index (χ1n) is 14.4. The second-order valence-electron chi connectivity index (χ2n) is 11.4. The predicted octanol–water partition coefficient (Wildman–Crippen LogP) is 4.96. The highest BCUT2D eigenvalue weighted by atomic mass is 32.1. The van der Waals surface area contributed by atoms with Crippen LogP contribution in [0, 0.1) is 11.3 Å². The van der Waals surface area contributed by atoms with Crippen LogP contribution in [0.1, 0.15) is 85.0 Å². The third-order valence-electron chi connectivity index (χ3n) is 9.09. The zero-order valence-corrected chi connectivity index (χ0v) is 23.9. The first-order chi connectivity index (χ1) is 19.5. The van der Waals surface area contributed by atoms with Gasteiger partial charge in [0.25, 0.3) is 0 Å². The Bertz CT molecular complexity index is 1620. The molecule has 6 heterocycles. The molecule has 4 aromatic rings. The van der Waals surface area contributed by atoms with Crippen molar-refractivity contribution >= 4 is 27.5 Å². The quantitative estimate of drug-likeness (QED) is 0.334. The summed E-state index contributed by atoms with van der Waals surface area (Å²) in [5.41, 5.74) is 11.9. The average Bonchev–Trinajstić information content (AvgIpc) is 3.76. The zero-order valence-electron chi connectivity index (χ0n) is 23.1. The van der Waals surface area contributed by atoms with Crippen molar-refractivity contribution in [2.75, 3.05) is 25.4 Å². The van der Waals surface area contributed by atoms with Crippen LogP contribution in [0.25, 0.3) is 22.6 Å². The van der Waals surface area contributed by atoms with Crippen LogP contribution in [0.2, 0.25) is 0 Å². The van der Waals surface area contributed by atoms with E-state index >= 15 is 0 Å². The van der Waals surface area contributed by atoms with Gasteiger partial charge in [0.1, 0.15) is 28.9 Å². The van der Waals surface area contributed by atoms with E-state index in [9.17, 15) is 5.26 Å². The fraction of sp³-hybridized carbons (Fsp3) is 0.552. The molecule has 4 aromatic heterocycles. The molecule has 3 aliphatic rings. The molecule has 1 atom stereocenters. The minimum Gasteiger partial charge on any atom is -0.461 e. The first kappa shape index (κ1) is 25.5. The van der Waals surface area contributed by atoms with Crippen LogP contribution in [-0.2, 0) is 19.9 Å². The highest BCUT2D eigenvalue weighted by molar-refractivity contribution is 7.16. The maximum Gasteiger partial charge on any atom is 0.319 e. The van der Waals surface area contributed by atoms with Gasteiger partial charge in [-0.15, -0.1) is 11.3 Å². The summed E-state index contributed by atoms with van der Waals surface area (Å²) in [5, 5.41) is 15.2. The Labute approximate surface area is 237 Å². The van der Waals surface area contributed by atoms with Crippen LogP contribution in [0.3, 0.4) is 0 Å². The van der Waals surface area contributed by atoms with Crippen molar-refractivity contribution in [1.29, 1.82) is 5.26 Å². The summed E-state index contributed by atoms with van der Waals surface area (Å²) in [5.74, 6) is 0.591. The molecule has 1 aliphatic carbocycles. The summed E-state index contributed by atoms with van der Waals surface area (Å²) >= 11 is 1.53. The number of fused-ring (bicyclic) bond motifs is 3. The minimum atomic E-state index is -0.0300. The fourth-order valence-corrected chi connectivity index (χ4v) is 8.38. The van der Waals surface area contributed by atoms with Crippen molar-refractivity contribution in [3.8, 4) is 23.5 Å². The Morgan fingerprint density at radius 3 is 2.85 bits per heavy atom. The Hall–Kier alpha value is -3.49. The van der Waals surface area contributed by atoms with Crippen molar-refractivity contribution in [3.05, 3.63) is 33.6 Å². The number of hydrogen-bond donors (Lipinski definition) is 1. The zero-order chi connectivity index (χ0) is 27.4. The SMILES string of the molecule is CCCc1sc(N)c(C#N)c1C1CCCc2c1noc2-c1nc(OCC23CCCN2CCC3)nc2c1ncn2C. The molecule has 2 aliphatic heterocycles. The number of thiophene rings is 1. The van der Waals surface area contributed by atoms with Gasteiger partial charge in [0.15, 0.2) is 11.4 Å². The minimum absolute atomic E-state index is 0.0300. The summed E-state index contributed by atoms with van der Waals surface area (Å²) in [6.45, 7) is 5.02. The van der Waals surface area contributed by atoms with E-state index in [0.717, 1.165) is 74.9 Å². The Morgan fingerprint density at radius 1 is 1.25 bits per heavy atom.